The van der Waals surface area contributed by atoms with Crippen LogP contribution in [0.4, 0.5) is 0 Å². The van der Waals surface area contributed by atoms with Gasteiger partial charge in [-0.2, -0.15) is 0 Å². The molecule has 2 unspecified atom stereocenters. The molecule has 2 aliphatic carbocycles. The molecular formula is C40H47SiZr. The first-order valence-corrected chi connectivity index (χ1v) is 31.0. The van der Waals surface area contributed by atoms with Gasteiger partial charge in [0, 0.05) is 0 Å². The summed E-state index contributed by atoms with van der Waals surface area (Å²) >= 11 is -3.62. The molecule has 4 aromatic carbocycles. The van der Waals surface area contributed by atoms with Gasteiger partial charge in [-0.05, 0) is 0 Å². The predicted molar refractivity (Wildman–Crippen MR) is 186 cm³/mol. The molecule has 0 aromatic heterocycles. The van der Waals surface area contributed by atoms with Gasteiger partial charge >= 0.3 is 258 Å². The Morgan fingerprint density at radius 1 is 0.571 bits per heavy atom. The van der Waals surface area contributed by atoms with Crippen molar-refractivity contribution in [1.82, 2.24) is 0 Å². The molecule has 0 N–H and O–H groups in total. The van der Waals surface area contributed by atoms with Crippen LogP contribution in [0, 0.1) is 0 Å². The van der Waals surface area contributed by atoms with E-state index in [2.05, 4.69) is 147 Å². The van der Waals surface area contributed by atoms with Crippen molar-refractivity contribution in [3.05, 3.63) is 129 Å². The van der Waals surface area contributed by atoms with Gasteiger partial charge in [-0.3, -0.25) is 0 Å². The average molecular weight is 647 g/mol. The van der Waals surface area contributed by atoms with E-state index < -0.39 is 23.9 Å². The van der Waals surface area contributed by atoms with Crippen molar-refractivity contribution in [3.63, 3.8) is 0 Å². The van der Waals surface area contributed by atoms with E-state index in [0.717, 1.165) is 12.8 Å². The van der Waals surface area contributed by atoms with E-state index in [1.165, 1.54) is 44.5 Å². The van der Waals surface area contributed by atoms with Gasteiger partial charge in [-0.15, -0.1) is 0 Å². The first-order valence-electron chi connectivity index (χ1n) is 16.1. The number of hydrogen-bond donors (Lipinski definition) is 0. The monoisotopic (exact) mass is 645 g/mol. The SMILES string of the molecule is CCc1ccc(-c2cccc3c2C=C(C)[CH]3[Zr]([CH3])([CH3])([CH]2C(C)=Cc3c(-c4ccc(CC)cc4)cccc32)[SiH](C)C)cc1. The van der Waals surface area contributed by atoms with Crippen LogP contribution in [-0.4, -0.2) is 5.92 Å². The fourth-order valence-electron chi connectivity index (χ4n) is 8.70. The van der Waals surface area contributed by atoms with Gasteiger partial charge in [0.1, 0.15) is 0 Å². The van der Waals surface area contributed by atoms with Crippen LogP contribution in [-0.2, 0) is 30.8 Å². The van der Waals surface area contributed by atoms with Crippen LogP contribution >= 0.6 is 0 Å². The number of hydrogen-bond acceptors (Lipinski definition) is 0. The first-order chi connectivity index (χ1) is 20.1. The predicted octanol–water partition coefficient (Wildman–Crippen LogP) is 11.5. The third-order valence-electron chi connectivity index (χ3n) is 11.5. The first kappa shape index (κ1) is 29.5. The number of benzene rings is 4. The molecule has 2 atom stereocenters. The minimum absolute atomic E-state index is 0.578. The van der Waals surface area contributed by atoms with Gasteiger partial charge in [0.05, 0.1) is 0 Å². The normalized spacial score (nSPS) is 18.7. The summed E-state index contributed by atoms with van der Waals surface area (Å²) in [5.74, 6) is -1.09. The van der Waals surface area contributed by atoms with Gasteiger partial charge in [0.15, 0.2) is 0 Å². The van der Waals surface area contributed by atoms with Crippen molar-refractivity contribution >= 4 is 18.1 Å². The number of allylic oxidation sites excluding steroid dienone is 2. The van der Waals surface area contributed by atoms with Crippen molar-refractivity contribution in [3.8, 4) is 22.3 Å². The molecule has 0 fully saturated rings. The zero-order chi connectivity index (χ0) is 29.8. The van der Waals surface area contributed by atoms with Crippen LogP contribution in [0.5, 0.6) is 0 Å². The molecule has 0 nitrogen and oxygen atoms in total. The third kappa shape index (κ3) is 4.48. The van der Waals surface area contributed by atoms with Crippen molar-refractivity contribution in [2.24, 2.45) is 0 Å². The topological polar surface area (TPSA) is 0 Å². The Morgan fingerprint density at radius 3 is 1.29 bits per heavy atom. The van der Waals surface area contributed by atoms with Crippen LogP contribution in [0.15, 0.2) is 96.1 Å². The summed E-state index contributed by atoms with van der Waals surface area (Å²) in [4.78, 5) is 0. The van der Waals surface area contributed by atoms with Gasteiger partial charge in [0.25, 0.3) is 0 Å². The number of aryl methyl sites for hydroxylation is 2. The van der Waals surface area contributed by atoms with Crippen LogP contribution in [0.2, 0.25) is 22.4 Å². The molecular weight excluding hydrogens is 600 g/mol. The molecule has 0 saturated carbocycles. The Labute approximate surface area is 256 Å². The summed E-state index contributed by atoms with van der Waals surface area (Å²) in [5.41, 5.74) is 17.7. The number of rotatable bonds is 7. The Hall–Kier alpha value is -2.54. The van der Waals surface area contributed by atoms with Gasteiger partial charge in [-0.25, -0.2) is 0 Å². The van der Waals surface area contributed by atoms with Crippen molar-refractivity contribution in [2.75, 3.05) is 0 Å². The molecule has 0 saturated heterocycles. The molecule has 0 spiro atoms. The standard InChI is InChI=1S/2C18H17.C2H7Si.2CH3.Zr/c2*1-3-14-7-9-15(10-8-14)17-6-4-5-16-11-13(2)12-18(16)17;1-3-2;;;/h2*4-12H,3H2,1-2H3;3H,1-2H3;2*1H3;. The van der Waals surface area contributed by atoms with Crippen LogP contribution in [0.3, 0.4) is 0 Å². The Morgan fingerprint density at radius 2 is 0.952 bits per heavy atom. The molecule has 0 aliphatic heterocycles. The Balaban J connectivity index is 1.50. The summed E-state index contributed by atoms with van der Waals surface area (Å²) in [6.45, 7) is 14.7. The fraction of sp³-hybridized carbons (Fsp3) is 0.300. The minimum atomic E-state index is -3.62. The summed E-state index contributed by atoms with van der Waals surface area (Å²) in [7, 11) is 0. The molecule has 0 amide bonds. The van der Waals surface area contributed by atoms with Gasteiger partial charge in [-0.1, -0.05) is 0 Å². The average Bonchev–Trinajstić information content (AvgIpc) is 3.53. The van der Waals surface area contributed by atoms with Crippen LogP contribution in [0.1, 0.15) is 68.3 Å². The maximum atomic E-state index is 2.86. The van der Waals surface area contributed by atoms with Crippen molar-refractivity contribution in [1.29, 1.82) is 0 Å². The van der Waals surface area contributed by atoms with E-state index in [-0.39, 0.29) is 0 Å². The summed E-state index contributed by atoms with van der Waals surface area (Å²) in [6.07, 6.45) is 7.30. The maximum absolute atomic E-state index is 3.62. The van der Waals surface area contributed by atoms with Crippen molar-refractivity contribution in [2.45, 2.75) is 70.1 Å². The Kier molecular flexibility index (Phi) is 7.64. The van der Waals surface area contributed by atoms with Gasteiger partial charge in [0.2, 0.25) is 0 Å². The van der Waals surface area contributed by atoms with Crippen molar-refractivity contribution < 1.29 is 17.9 Å². The summed E-state index contributed by atoms with van der Waals surface area (Å²) in [6, 6.07) is 32.9. The molecule has 215 valence electrons. The number of fused-ring (bicyclic) bond motifs is 2. The second-order valence-electron chi connectivity index (χ2n) is 14.2. The van der Waals surface area contributed by atoms with E-state index in [4.69, 9.17) is 0 Å². The summed E-state index contributed by atoms with van der Waals surface area (Å²) < 4.78 is 6.87. The third-order valence-corrected chi connectivity index (χ3v) is 58.7. The van der Waals surface area contributed by atoms with E-state index in [1.807, 2.05) is 0 Å². The quantitative estimate of drug-likeness (QED) is 0.175. The second-order valence-corrected chi connectivity index (χ2v) is 52.1. The molecule has 4 aromatic rings. The molecule has 0 heterocycles. The van der Waals surface area contributed by atoms with E-state index in [0.29, 0.717) is 7.25 Å². The molecule has 0 bridgehead atoms. The van der Waals surface area contributed by atoms with Crippen LogP contribution < -0.4 is 0 Å². The second kappa shape index (κ2) is 10.9. The van der Waals surface area contributed by atoms with Gasteiger partial charge < -0.3 is 0 Å². The zero-order valence-corrected chi connectivity index (χ0v) is 30.5. The molecule has 2 aliphatic rings. The molecule has 0 radical (unpaired) electrons. The molecule has 2 heteroatoms. The zero-order valence-electron chi connectivity index (χ0n) is 26.9. The Bertz CT molecular complexity index is 1590. The van der Waals surface area contributed by atoms with Crippen LogP contribution in [0.25, 0.3) is 34.4 Å². The fourth-order valence-corrected chi connectivity index (χ4v) is 39.5. The molecule has 42 heavy (non-hydrogen) atoms. The summed E-state index contributed by atoms with van der Waals surface area (Å²) in [5, 5.41) is 0. The van der Waals surface area contributed by atoms with E-state index in [9.17, 15) is 0 Å². The molecule has 6 rings (SSSR count). The van der Waals surface area contributed by atoms with E-state index in [1.54, 1.807) is 22.3 Å². The van der Waals surface area contributed by atoms with E-state index >= 15 is 0 Å².